The lowest BCUT2D eigenvalue weighted by Crippen LogP contribution is -2.57. The minimum Gasteiger partial charge on any atom is -0.380 e. The molecule has 1 saturated heterocycles. The molecule has 2 heterocycles. The first kappa shape index (κ1) is 9.46. The molecular formula is C11H17N3. The van der Waals surface area contributed by atoms with Gasteiger partial charge in [-0.15, -0.1) is 0 Å². The van der Waals surface area contributed by atoms with Crippen molar-refractivity contribution in [2.24, 2.45) is 0 Å². The van der Waals surface area contributed by atoms with E-state index in [1.54, 1.807) is 0 Å². The summed E-state index contributed by atoms with van der Waals surface area (Å²) in [7, 11) is 0. The Morgan fingerprint density at radius 2 is 2.00 bits per heavy atom. The second-order valence-corrected chi connectivity index (χ2v) is 4.12. The molecule has 3 heteroatoms. The SMILES string of the molecule is CC(C)N1CC(Nc2ccncc2)C1. The summed E-state index contributed by atoms with van der Waals surface area (Å²) in [5.41, 5.74) is 1.17. The minimum absolute atomic E-state index is 0.611. The molecule has 3 nitrogen and oxygen atoms in total. The number of likely N-dealkylation sites (tertiary alicyclic amines) is 1. The van der Waals surface area contributed by atoms with Crippen molar-refractivity contribution in [3.63, 3.8) is 0 Å². The summed E-state index contributed by atoms with van der Waals surface area (Å²) in [6.45, 7) is 6.78. The molecule has 0 bridgehead atoms. The molecule has 76 valence electrons. The van der Waals surface area contributed by atoms with Crippen LogP contribution in [-0.2, 0) is 0 Å². The summed E-state index contributed by atoms with van der Waals surface area (Å²) in [5, 5.41) is 3.48. The zero-order valence-electron chi connectivity index (χ0n) is 8.77. The standard InChI is InChI=1S/C11H17N3/c1-9(2)14-7-11(8-14)13-10-3-5-12-6-4-10/h3-6,9,11H,7-8H2,1-2H3,(H,12,13). The number of anilines is 1. The van der Waals surface area contributed by atoms with Gasteiger partial charge < -0.3 is 5.32 Å². The maximum Gasteiger partial charge on any atom is 0.0515 e. The van der Waals surface area contributed by atoms with Crippen LogP contribution >= 0.6 is 0 Å². The molecule has 0 atom stereocenters. The van der Waals surface area contributed by atoms with Gasteiger partial charge in [0.15, 0.2) is 0 Å². The number of aromatic nitrogens is 1. The predicted molar refractivity (Wildman–Crippen MR) is 58.4 cm³/mol. The van der Waals surface area contributed by atoms with Gasteiger partial charge in [0.05, 0.1) is 6.04 Å². The van der Waals surface area contributed by atoms with E-state index in [4.69, 9.17) is 0 Å². The Labute approximate surface area is 85.1 Å². The smallest absolute Gasteiger partial charge is 0.0515 e. The first-order chi connectivity index (χ1) is 6.75. The highest BCUT2D eigenvalue weighted by atomic mass is 15.3. The van der Waals surface area contributed by atoms with Gasteiger partial charge in [-0.2, -0.15) is 0 Å². The van der Waals surface area contributed by atoms with E-state index in [-0.39, 0.29) is 0 Å². The largest absolute Gasteiger partial charge is 0.380 e. The fraction of sp³-hybridized carbons (Fsp3) is 0.545. The van der Waals surface area contributed by atoms with Gasteiger partial charge in [-0.3, -0.25) is 9.88 Å². The maximum atomic E-state index is 3.99. The van der Waals surface area contributed by atoms with Gasteiger partial charge in [0.2, 0.25) is 0 Å². The average Bonchev–Trinajstić information content (AvgIpc) is 2.12. The van der Waals surface area contributed by atoms with Crippen molar-refractivity contribution in [1.29, 1.82) is 0 Å². The van der Waals surface area contributed by atoms with Crippen LogP contribution in [0.3, 0.4) is 0 Å². The Morgan fingerprint density at radius 1 is 1.36 bits per heavy atom. The van der Waals surface area contributed by atoms with Crippen molar-refractivity contribution in [2.45, 2.75) is 25.9 Å². The lowest BCUT2D eigenvalue weighted by molar-refractivity contribution is 0.122. The molecular weight excluding hydrogens is 174 g/mol. The Morgan fingerprint density at radius 3 is 2.57 bits per heavy atom. The molecule has 1 fully saturated rings. The third-order valence-electron chi connectivity index (χ3n) is 2.69. The summed E-state index contributed by atoms with van der Waals surface area (Å²) < 4.78 is 0. The molecule has 1 aromatic heterocycles. The molecule has 0 spiro atoms. The van der Waals surface area contributed by atoms with E-state index >= 15 is 0 Å². The monoisotopic (exact) mass is 191 g/mol. The molecule has 1 aliphatic heterocycles. The molecule has 1 N–H and O–H groups in total. The third kappa shape index (κ3) is 2.04. The summed E-state index contributed by atoms with van der Waals surface area (Å²) >= 11 is 0. The Hall–Kier alpha value is -1.09. The van der Waals surface area contributed by atoms with Crippen molar-refractivity contribution in [3.8, 4) is 0 Å². The van der Waals surface area contributed by atoms with Crippen LogP contribution in [0.5, 0.6) is 0 Å². The Balaban J connectivity index is 1.80. The van der Waals surface area contributed by atoms with E-state index in [1.807, 2.05) is 24.5 Å². The zero-order chi connectivity index (χ0) is 9.97. The van der Waals surface area contributed by atoms with Gasteiger partial charge in [-0.1, -0.05) is 0 Å². The number of hydrogen-bond donors (Lipinski definition) is 1. The second-order valence-electron chi connectivity index (χ2n) is 4.12. The van der Waals surface area contributed by atoms with E-state index in [2.05, 4.69) is 29.0 Å². The van der Waals surface area contributed by atoms with Gasteiger partial charge in [0.25, 0.3) is 0 Å². The van der Waals surface area contributed by atoms with Crippen LogP contribution in [0.2, 0.25) is 0 Å². The number of nitrogens with one attached hydrogen (secondary N) is 1. The first-order valence-electron chi connectivity index (χ1n) is 5.16. The highest BCUT2D eigenvalue weighted by Crippen LogP contribution is 2.16. The fourth-order valence-corrected chi connectivity index (χ4v) is 1.71. The average molecular weight is 191 g/mol. The first-order valence-corrected chi connectivity index (χ1v) is 5.16. The van der Waals surface area contributed by atoms with Gasteiger partial charge in [-0.25, -0.2) is 0 Å². The van der Waals surface area contributed by atoms with Gasteiger partial charge in [0, 0.05) is 37.2 Å². The Kier molecular flexibility index (Phi) is 2.68. The van der Waals surface area contributed by atoms with Crippen LogP contribution in [0.15, 0.2) is 24.5 Å². The summed E-state index contributed by atoms with van der Waals surface area (Å²) in [6.07, 6.45) is 3.64. The molecule has 0 aromatic carbocycles. The number of rotatable bonds is 3. The molecule has 0 amide bonds. The Bertz CT molecular complexity index is 278. The van der Waals surface area contributed by atoms with E-state index in [1.165, 1.54) is 5.69 Å². The summed E-state index contributed by atoms with van der Waals surface area (Å²) in [4.78, 5) is 6.45. The predicted octanol–water partition coefficient (Wildman–Crippen LogP) is 1.59. The molecule has 0 saturated carbocycles. The second kappa shape index (κ2) is 3.96. The van der Waals surface area contributed by atoms with Crippen LogP contribution in [0.4, 0.5) is 5.69 Å². The summed E-state index contributed by atoms with van der Waals surface area (Å²) in [5.74, 6) is 0. The molecule has 2 rings (SSSR count). The number of pyridine rings is 1. The normalized spacial score (nSPS) is 18.2. The van der Waals surface area contributed by atoms with Crippen LogP contribution < -0.4 is 5.32 Å². The maximum absolute atomic E-state index is 3.99. The van der Waals surface area contributed by atoms with Crippen LogP contribution in [0.1, 0.15) is 13.8 Å². The van der Waals surface area contributed by atoms with Crippen LogP contribution in [-0.4, -0.2) is 35.1 Å². The van der Waals surface area contributed by atoms with Crippen molar-refractivity contribution in [1.82, 2.24) is 9.88 Å². The number of hydrogen-bond acceptors (Lipinski definition) is 3. The van der Waals surface area contributed by atoms with E-state index in [0.717, 1.165) is 13.1 Å². The number of nitrogens with zero attached hydrogens (tertiary/aromatic N) is 2. The molecule has 0 aliphatic carbocycles. The van der Waals surface area contributed by atoms with E-state index in [9.17, 15) is 0 Å². The topological polar surface area (TPSA) is 28.2 Å². The van der Waals surface area contributed by atoms with Crippen LogP contribution in [0, 0.1) is 0 Å². The van der Waals surface area contributed by atoms with Crippen molar-refractivity contribution >= 4 is 5.69 Å². The van der Waals surface area contributed by atoms with Crippen molar-refractivity contribution in [3.05, 3.63) is 24.5 Å². The van der Waals surface area contributed by atoms with Gasteiger partial charge in [0.1, 0.15) is 0 Å². The van der Waals surface area contributed by atoms with Crippen LogP contribution in [0.25, 0.3) is 0 Å². The molecule has 0 unspecified atom stereocenters. The zero-order valence-corrected chi connectivity index (χ0v) is 8.77. The van der Waals surface area contributed by atoms with Gasteiger partial charge >= 0.3 is 0 Å². The fourth-order valence-electron chi connectivity index (χ4n) is 1.71. The summed E-state index contributed by atoms with van der Waals surface area (Å²) in [6, 6.07) is 5.31. The highest BCUT2D eigenvalue weighted by molar-refractivity contribution is 5.42. The van der Waals surface area contributed by atoms with E-state index < -0.39 is 0 Å². The highest BCUT2D eigenvalue weighted by Gasteiger charge is 2.27. The molecule has 14 heavy (non-hydrogen) atoms. The third-order valence-corrected chi connectivity index (χ3v) is 2.69. The molecule has 0 radical (unpaired) electrons. The molecule has 1 aromatic rings. The van der Waals surface area contributed by atoms with E-state index in [0.29, 0.717) is 12.1 Å². The minimum atomic E-state index is 0.611. The lowest BCUT2D eigenvalue weighted by atomic mass is 10.1. The lowest BCUT2D eigenvalue weighted by Gasteiger charge is -2.42. The van der Waals surface area contributed by atoms with Gasteiger partial charge in [-0.05, 0) is 26.0 Å². The van der Waals surface area contributed by atoms with Crippen molar-refractivity contribution in [2.75, 3.05) is 18.4 Å². The molecule has 1 aliphatic rings. The van der Waals surface area contributed by atoms with Crippen molar-refractivity contribution < 1.29 is 0 Å². The quantitative estimate of drug-likeness (QED) is 0.786.